The van der Waals surface area contributed by atoms with Crippen molar-refractivity contribution in [3.8, 4) is 0 Å². The molecule has 84 valence electrons. The zero-order valence-corrected chi connectivity index (χ0v) is 9.70. The molecule has 2 aromatic heterocycles. The summed E-state index contributed by atoms with van der Waals surface area (Å²) in [6, 6.07) is 0. The molecule has 0 radical (unpaired) electrons. The first-order chi connectivity index (χ1) is 7.78. The summed E-state index contributed by atoms with van der Waals surface area (Å²) in [5, 5.41) is 1.19. The van der Waals surface area contributed by atoms with E-state index in [4.69, 9.17) is 10.2 Å². The molecule has 0 amide bonds. The van der Waals surface area contributed by atoms with Crippen molar-refractivity contribution < 1.29 is 4.42 Å². The molecule has 16 heavy (non-hydrogen) atoms. The zero-order chi connectivity index (χ0) is 11.4. The van der Waals surface area contributed by atoms with Gasteiger partial charge in [0.25, 0.3) is 5.22 Å². The predicted molar refractivity (Wildman–Crippen MR) is 60.2 cm³/mol. The van der Waals surface area contributed by atoms with Crippen LogP contribution in [0.4, 0.5) is 0 Å². The normalized spacial score (nSPS) is 10.6. The van der Waals surface area contributed by atoms with E-state index in [9.17, 15) is 0 Å². The van der Waals surface area contributed by atoms with Crippen molar-refractivity contribution in [3.63, 3.8) is 0 Å². The SMILES string of the molecule is Cc1coc(Sc2ncc(CCN)cn2)n1. The van der Waals surface area contributed by atoms with Gasteiger partial charge >= 0.3 is 0 Å². The van der Waals surface area contributed by atoms with Crippen molar-refractivity contribution in [2.24, 2.45) is 5.73 Å². The smallest absolute Gasteiger partial charge is 0.263 e. The largest absolute Gasteiger partial charge is 0.439 e. The van der Waals surface area contributed by atoms with E-state index in [2.05, 4.69) is 15.0 Å². The average molecular weight is 236 g/mol. The maximum atomic E-state index is 5.44. The molecule has 2 N–H and O–H groups in total. The van der Waals surface area contributed by atoms with Gasteiger partial charge in [-0.25, -0.2) is 15.0 Å². The second-order valence-corrected chi connectivity index (χ2v) is 4.19. The van der Waals surface area contributed by atoms with Crippen LogP contribution in [0.5, 0.6) is 0 Å². The fourth-order valence-corrected chi connectivity index (χ4v) is 1.80. The van der Waals surface area contributed by atoms with Crippen molar-refractivity contribution in [2.45, 2.75) is 23.7 Å². The van der Waals surface area contributed by atoms with Crippen molar-refractivity contribution >= 4 is 11.8 Å². The third-order valence-electron chi connectivity index (χ3n) is 1.89. The number of aromatic nitrogens is 3. The van der Waals surface area contributed by atoms with Gasteiger partial charge < -0.3 is 10.2 Å². The summed E-state index contributed by atoms with van der Waals surface area (Å²) in [7, 11) is 0. The van der Waals surface area contributed by atoms with E-state index in [-0.39, 0.29) is 0 Å². The van der Waals surface area contributed by atoms with E-state index in [0.717, 1.165) is 17.7 Å². The van der Waals surface area contributed by atoms with Crippen LogP contribution in [0.2, 0.25) is 0 Å². The highest BCUT2D eigenvalue weighted by molar-refractivity contribution is 7.98. The molecule has 2 heterocycles. The molecule has 2 rings (SSSR count). The molecular weight excluding hydrogens is 224 g/mol. The summed E-state index contributed by atoms with van der Waals surface area (Å²) in [6.45, 7) is 2.48. The fourth-order valence-electron chi connectivity index (χ4n) is 1.15. The molecule has 2 aromatic rings. The van der Waals surface area contributed by atoms with Gasteiger partial charge in [0.05, 0.1) is 5.69 Å². The molecule has 0 fully saturated rings. The topological polar surface area (TPSA) is 77.8 Å². The lowest BCUT2D eigenvalue weighted by atomic mass is 10.2. The van der Waals surface area contributed by atoms with Crippen LogP contribution in [0.1, 0.15) is 11.3 Å². The van der Waals surface area contributed by atoms with Crippen LogP contribution >= 0.6 is 11.8 Å². The molecule has 0 saturated carbocycles. The predicted octanol–water partition coefficient (Wildman–Crippen LogP) is 1.43. The van der Waals surface area contributed by atoms with E-state index in [1.165, 1.54) is 11.8 Å². The Kier molecular flexibility index (Phi) is 3.53. The van der Waals surface area contributed by atoms with Crippen molar-refractivity contribution in [1.82, 2.24) is 15.0 Å². The number of rotatable bonds is 4. The van der Waals surface area contributed by atoms with Gasteiger partial charge in [0.2, 0.25) is 0 Å². The monoisotopic (exact) mass is 236 g/mol. The number of hydrogen-bond acceptors (Lipinski definition) is 6. The minimum atomic E-state index is 0.559. The Hall–Kier alpha value is -1.40. The molecular formula is C10H12N4OS. The third kappa shape index (κ3) is 2.80. The second-order valence-electron chi connectivity index (χ2n) is 3.27. The number of oxazole rings is 1. The average Bonchev–Trinajstić information content (AvgIpc) is 2.67. The zero-order valence-electron chi connectivity index (χ0n) is 8.88. The Morgan fingerprint density at radius 3 is 2.69 bits per heavy atom. The molecule has 0 spiro atoms. The number of nitrogens with zero attached hydrogens (tertiary/aromatic N) is 3. The first-order valence-corrected chi connectivity index (χ1v) is 5.70. The maximum Gasteiger partial charge on any atom is 0.263 e. The van der Waals surface area contributed by atoms with E-state index >= 15 is 0 Å². The Bertz CT molecular complexity index is 454. The summed E-state index contributed by atoms with van der Waals surface area (Å²) in [6.07, 6.45) is 5.95. The van der Waals surface area contributed by atoms with Crippen LogP contribution in [0, 0.1) is 6.92 Å². The van der Waals surface area contributed by atoms with Gasteiger partial charge in [0.15, 0.2) is 5.16 Å². The van der Waals surface area contributed by atoms with Crippen LogP contribution in [0.15, 0.2) is 33.5 Å². The molecule has 0 aliphatic carbocycles. The number of aryl methyl sites for hydroxylation is 1. The molecule has 0 atom stereocenters. The molecule has 0 unspecified atom stereocenters. The van der Waals surface area contributed by atoms with Crippen molar-refractivity contribution in [2.75, 3.05) is 6.54 Å². The van der Waals surface area contributed by atoms with Gasteiger partial charge in [-0.15, -0.1) is 0 Å². The standard InChI is InChI=1S/C10H12N4OS/c1-7-6-15-10(14-7)16-9-12-4-8(2-3-11)5-13-9/h4-6H,2-3,11H2,1H3. The highest BCUT2D eigenvalue weighted by Gasteiger charge is 2.05. The van der Waals surface area contributed by atoms with Crippen LogP contribution in [0.3, 0.4) is 0 Å². The molecule has 0 aromatic carbocycles. The van der Waals surface area contributed by atoms with Crippen LogP contribution in [-0.2, 0) is 6.42 Å². The fraction of sp³-hybridized carbons (Fsp3) is 0.300. The first kappa shape index (κ1) is 11.1. The molecule has 0 saturated heterocycles. The first-order valence-electron chi connectivity index (χ1n) is 4.89. The molecule has 0 bridgehead atoms. The third-order valence-corrected chi connectivity index (χ3v) is 2.65. The molecule has 6 heteroatoms. The van der Waals surface area contributed by atoms with Gasteiger partial charge in [-0.1, -0.05) is 0 Å². The Labute approximate surface area is 97.5 Å². The lowest BCUT2D eigenvalue weighted by Crippen LogP contribution is -2.03. The lowest BCUT2D eigenvalue weighted by molar-refractivity contribution is 0.453. The maximum absolute atomic E-state index is 5.44. The summed E-state index contributed by atoms with van der Waals surface area (Å²) in [5.74, 6) is 0. The van der Waals surface area contributed by atoms with E-state index < -0.39 is 0 Å². The van der Waals surface area contributed by atoms with Crippen LogP contribution < -0.4 is 5.73 Å². The van der Waals surface area contributed by atoms with Crippen molar-refractivity contribution in [1.29, 1.82) is 0 Å². The van der Waals surface area contributed by atoms with Gasteiger partial charge in [0, 0.05) is 24.2 Å². The van der Waals surface area contributed by atoms with E-state index in [0.29, 0.717) is 16.9 Å². The van der Waals surface area contributed by atoms with E-state index in [1.54, 1.807) is 18.7 Å². The summed E-state index contributed by atoms with van der Waals surface area (Å²) >= 11 is 1.30. The minimum Gasteiger partial charge on any atom is -0.439 e. The van der Waals surface area contributed by atoms with Gasteiger partial charge in [-0.3, -0.25) is 0 Å². The molecule has 5 nitrogen and oxygen atoms in total. The molecule has 0 aliphatic rings. The minimum absolute atomic E-state index is 0.559. The Morgan fingerprint density at radius 2 is 2.12 bits per heavy atom. The number of hydrogen-bond donors (Lipinski definition) is 1. The lowest BCUT2D eigenvalue weighted by Gasteiger charge is -1.98. The highest BCUT2D eigenvalue weighted by Crippen LogP contribution is 2.22. The van der Waals surface area contributed by atoms with Gasteiger partial charge in [-0.05, 0) is 25.5 Å². The van der Waals surface area contributed by atoms with Gasteiger partial charge in [-0.2, -0.15) is 0 Å². The quantitative estimate of drug-likeness (QED) is 0.809. The summed E-state index contributed by atoms with van der Waals surface area (Å²) in [4.78, 5) is 12.6. The summed E-state index contributed by atoms with van der Waals surface area (Å²) < 4.78 is 5.20. The summed E-state index contributed by atoms with van der Waals surface area (Å²) in [5.41, 5.74) is 7.33. The van der Waals surface area contributed by atoms with Gasteiger partial charge in [0.1, 0.15) is 6.26 Å². The number of nitrogens with two attached hydrogens (primary N) is 1. The Balaban J connectivity index is 2.05. The van der Waals surface area contributed by atoms with Crippen molar-refractivity contribution in [3.05, 3.63) is 29.9 Å². The van der Waals surface area contributed by atoms with E-state index in [1.807, 2.05) is 6.92 Å². The molecule has 0 aliphatic heterocycles. The Morgan fingerprint density at radius 1 is 1.38 bits per heavy atom. The van der Waals surface area contributed by atoms with Crippen LogP contribution in [-0.4, -0.2) is 21.5 Å². The highest BCUT2D eigenvalue weighted by atomic mass is 32.2. The second kappa shape index (κ2) is 5.09. The van der Waals surface area contributed by atoms with Crippen LogP contribution in [0.25, 0.3) is 0 Å².